The van der Waals surface area contributed by atoms with E-state index in [0.29, 0.717) is 145 Å². The lowest BCUT2D eigenvalue weighted by molar-refractivity contribution is -0.861. The van der Waals surface area contributed by atoms with Crippen LogP contribution in [-0.4, -0.2) is 128 Å². The lowest BCUT2D eigenvalue weighted by Gasteiger charge is -2.22. The molecule has 11 rings (SSSR count). The maximum absolute atomic E-state index is 11.6. The summed E-state index contributed by atoms with van der Waals surface area (Å²) in [6.07, 6.45) is 7.91. The lowest BCUT2D eigenvalue weighted by atomic mass is 10.0. The Morgan fingerprint density at radius 1 is 0.341 bits per heavy atom. The molecule has 2 aliphatic heterocycles. The zero-order chi connectivity index (χ0) is 57.1. The monoisotopic (exact) mass is 1080 g/mol. The number of aliphatic imine (C=N–C) groups is 4. The second-order valence-electron chi connectivity index (χ2n) is 22.1. The van der Waals surface area contributed by atoms with Crippen molar-refractivity contribution in [3.8, 4) is 44.5 Å². The Kier molecular flexibility index (Phi) is 14.7. The van der Waals surface area contributed by atoms with Crippen LogP contribution in [0.1, 0.15) is 33.9 Å². The van der Waals surface area contributed by atoms with Gasteiger partial charge in [-0.05, 0) is 97.1 Å². The van der Waals surface area contributed by atoms with Crippen LogP contribution in [0.5, 0.6) is 0 Å². The van der Waals surface area contributed by atoms with E-state index in [1.165, 1.54) is 0 Å². The van der Waals surface area contributed by atoms with Crippen LogP contribution < -0.4 is 0 Å². The van der Waals surface area contributed by atoms with E-state index in [1.807, 2.05) is 249 Å². The number of aliphatic hydroxyl groups excluding tert-OH is 4. The number of aromatic nitrogens is 4. The number of nitrogens with one attached hydrogen (secondary N) is 2. The van der Waals surface area contributed by atoms with Crippen molar-refractivity contribution in [1.82, 2.24) is 19.9 Å². The minimum atomic E-state index is -0.148. The number of hydrogen-bond acceptors (Lipinski definition) is 6. The highest BCUT2D eigenvalue weighted by Crippen LogP contribution is 2.44. The van der Waals surface area contributed by atoms with E-state index in [2.05, 4.69) is 9.97 Å². The summed E-state index contributed by atoms with van der Waals surface area (Å²) in [5, 5.41) is 46.1. The van der Waals surface area contributed by atoms with Gasteiger partial charge in [0.05, 0.1) is 87.8 Å². The van der Waals surface area contributed by atoms with Crippen molar-refractivity contribution in [2.45, 2.75) is 0 Å². The van der Waals surface area contributed by atoms with E-state index >= 15 is 0 Å². The Balaban J connectivity index is 1.29. The normalized spacial score (nSPS) is 13.2. The van der Waals surface area contributed by atoms with Crippen LogP contribution in [0.3, 0.4) is 0 Å². The van der Waals surface area contributed by atoms with Crippen molar-refractivity contribution in [2.24, 2.45) is 20.0 Å². The predicted octanol–water partition coefficient (Wildman–Crippen LogP) is 15.2. The van der Waals surface area contributed by atoms with Crippen molar-refractivity contribution in [3.63, 3.8) is 0 Å². The largest absolute Gasteiger partial charge is 0.493 e. The molecule has 14 nitrogen and oxygen atoms in total. The van der Waals surface area contributed by atoms with Crippen LogP contribution in [0.4, 0.5) is 22.7 Å². The number of H-pyrrole nitrogens is 2. The molecule has 0 saturated heterocycles. The third-order valence-corrected chi connectivity index (χ3v) is 13.7. The van der Waals surface area contributed by atoms with Gasteiger partial charge in [0.25, 0.3) is 0 Å². The first-order chi connectivity index (χ1) is 39.5. The number of rotatable bonds is 14. The molecule has 5 heterocycles. The second kappa shape index (κ2) is 22.5. The molecule has 0 aliphatic carbocycles. The van der Waals surface area contributed by atoms with Crippen LogP contribution in [0.2, 0.25) is 0 Å². The molecule has 14 heteroatoms. The summed E-state index contributed by atoms with van der Waals surface area (Å²) in [6.45, 7) is 0.584. The number of likely N-dealkylation sites (N-methyl/N-ethyl adjacent to an activating group) is 2. The molecule has 9 aromatic rings. The molecule has 0 unspecified atom stereocenters. The number of benzene rings is 6. The van der Waals surface area contributed by atoms with Crippen molar-refractivity contribution in [1.29, 1.82) is 0 Å². The first kappa shape index (κ1) is 53.7. The topological polar surface area (TPSA) is 188 Å². The quantitative estimate of drug-likeness (QED) is 0.0357. The van der Waals surface area contributed by atoms with Gasteiger partial charge in [0.15, 0.2) is 13.1 Å². The molecule has 0 fully saturated rings. The fourth-order valence-electron chi connectivity index (χ4n) is 10.2. The first-order valence-corrected chi connectivity index (χ1v) is 26.9. The highest BCUT2D eigenvalue weighted by Gasteiger charge is 2.24. The average molecular weight is 1080 g/mol. The van der Waals surface area contributed by atoms with Gasteiger partial charge in [0.1, 0.15) is 0 Å². The Morgan fingerprint density at radius 3 is 0.878 bits per heavy atom. The molecule has 0 spiro atoms. The van der Waals surface area contributed by atoms with E-state index in [1.54, 1.807) is 0 Å². The van der Waals surface area contributed by atoms with Crippen molar-refractivity contribution in [3.05, 3.63) is 216 Å². The molecule has 0 amide bonds. The summed E-state index contributed by atoms with van der Waals surface area (Å²) in [4.78, 5) is 38.1. The van der Waals surface area contributed by atoms with Gasteiger partial charge in [-0.25, -0.2) is 29.9 Å². The zero-order valence-corrected chi connectivity index (χ0v) is 46.4. The number of aliphatic hydroxyl groups is 4. The molecule has 2 aliphatic rings. The average Bonchev–Trinajstić information content (AvgIpc) is 3.99. The Labute approximate surface area is 475 Å². The Bertz CT molecular complexity index is 4020. The first-order valence-electron chi connectivity index (χ1n) is 26.9. The van der Waals surface area contributed by atoms with E-state index in [4.69, 9.17) is 29.9 Å². The smallest absolute Gasteiger partial charge is 0.243 e. The number of nitrogens with zero attached hydrogens (tertiary/aromatic N) is 8. The standard InChI is InChI=1S/C68H60N10O4/c1-77(2,3)41-61(79)73-49-29-17-13-25-45(49)63-53-33-34-54(69-53)64(46-26-14-18-30-50(46)74-62(80)42-78(4,5)6)56-36-38-58(71-56)66(48-28-16-20-32-52(48)76-68(82)44-23-11-8-12-24-44)60-40-39-59(72-60)65(57-37-35-55(63)70-57)47-27-15-19-31-51(47)75-67(81)43-21-9-7-10-22-43/h7-40H,41-42H2,1-6H3,(H4-2,69,70,71,72,73,74,75,76,79,80,81,82)/p+2. The molecule has 6 N–H and O–H groups in total. The van der Waals surface area contributed by atoms with Crippen LogP contribution in [0.25, 0.3) is 90.9 Å². The summed E-state index contributed by atoms with van der Waals surface area (Å²) in [5.74, 6) is -0.344. The van der Waals surface area contributed by atoms with Gasteiger partial charge in [-0.2, -0.15) is 0 Å². The number of hydrogen-bond donors (Lipinski definition) is 6. The van der Waals surface area contributed by atoms with Gasteiger partial charge >= 0.3 is 0 Å². The van der Waals surface area contributed by atoms with Crippen LogP contribution in [0.15, 0.2) is 202 Å². The fourth-order valence-corrected chi connectivity index (χ4v) is 10.2. The van der Waals surface area contributed by atoms with Gasteiger partial charge in [0, 0.05) is 77.7 Å². The SMILES string of the molecule is C[N+](C)(C)CC(O)=Nc1ccccc1-c1c2nc(c(-c3ccccc3N=C(O)c3ccccc3)c3ccc([nH]3)c(-c3ccccc3N=C(O)c3ccccc3)c3nc(c(-c4ccccc4N=C(O)C[N+](C)(C)C)c4ccc1[nH]4)C=C3)C=C2. The minimum Gasteiger partial charge on any atom is -0.493 e. The molecule has 0 atom stereocenters. The number of aromatic amines is 2. The predicted molar refractivity (Wildman–Crippen MR) is 336 cm³/mol. The zero-order valence-electron chi connectivity index (χ0n) is 46.4. The van der Waals surface area contributed by atoms with E-state index in [-0.39, 0.29) is 23.6 Å². The molecule has 8 bridgehead atoms. The highest BCUT2D eigenvalue weighted by atomic mass is 16.3. The van der Waals surface area contributed by atoms with Crippen LogP contribution in [0, 0.1) is 0 Å². The number of quaternary nitrogens is 2. The minimum absolute atomic E-state index is 0.0239. The Morgan fingerprint density at radius 2 is 0.598 bits per heavy atom. The molecule has 82 heavy (non-hydrogen) atoms. The summed E-state index contributed by atoms with van der Waals surface area (Å²) >= 11 is 0. The maximum atomic E-state index is 11.6. The van der Waals surface area contributed by atoms with E-state index in [0.717, 1.165) is 0 Å². The van der Waals surface area contributed by atoms with Crippen molar-refractivity contribution < 1.29 is 29.4 Å². The van der Waals surface area contributed by atoms with E-state index < -0.39 is 0 Å². The molecule has 0 radical (unpaired) electrons. The molecular formula is C68H62N10O4+2. The van der Waals surface area contributed by atoms with E-state index in [9.17, 15) is 20.4 Å². The molecule has 6 aromatic carbocycles. The second-order valence-corrected chi connectivity index (χ2v) is 22.1. The number of para-hydroxylation sites is 4. The summed E-state index contributed by atoms with van der Waals surface area (Å²) in [5.41, 5.74) is 13.9. The number of fused-ring (bicyclic) bond motifs is 8. The molecule has 3 aromatic heterocycles. The van der Waals surface area contributed by atoms with Crippen LogP contribution >= 0.6 is 0 Å². The highest BCUT2D eigenvalue weighted by molar-refractivity contribution is 6.05. The Hall–Kier alpha value is -10.3. The third-order valence-electron chi connectivity index (χ3n) is 13.7. The van der Waals surface area contributed by atoms with Gasteiger partial charge in [-0.1, -0.05) is 109 Å². The molecule has 406 valence electrons. The lowest BCUT2D eigenvalue weighted by Crippen LogP contribution is -2.39. The van der Waals surface area contributed by atoms with Gasteiger partial charge in [0.2, 0.25) is 23.6 Å². The van der Waals surface area contributed by atoms with Gasteiger partial charge in [-0.15, -0.1) is 0 Å². The maximum Gasteiger partial charge on any atom is 0.243 e. The fraction of sp³-hybridized carbons (Fsp3) is 0.118. The summed E-state index contributed by atoms with van der Waals surface area (Å²) in [6, 6.07) is 57.2. The summed E-state index contributed by atoms with van der Waals surface area (Å²) < 4.78 is 0.920. The van der Waals surface area contributed by atoms with Crippen LogP contribution in [-0.2, 0) is 0 Å². The van der Waals surface area contributed by atoms with Crippen molar-refractivity contribution >= 4 is 92.7 Å². The van der Waals surface area contributed by atoms with Gasteiger partial charge in [-0.3, -0.25) is 0 Å². The summed E-state index contributed by atoms with van der Waals surface area (Å²) in [7, 11) is 12.0. The van der Waals surface area contributed by atoms with Crippen molar-refractivity contribution in [2.75, 3.05) is 55.4 Å². The third kappa shape index (κ3) is 11.7. The molecular weight excluding hydrogens is 1020 g/mol. The van der Waals surface area contributed by atoms with Gasteiger partial charge < -0.3 is 39.4 Å². The molecule has 0 saturated carbocycles.